The summed E-state index contributed by atoms with van der Waals surface area (Å²) in [5.41, 5.74) is 24.7. The van der Waals surface area contributed by atoms with Crippen molar-refractivity contribution in [2.75, 3.05) is 24.4 Å². The van der Waals surface area contributed by atoms with E-state index in [4.69, 9.17) is 9.47 Å². The lowest BCUT2D eigenvalue weighted by molar-refractivity contribution is 0.415. The Labute approximate surface area is 455 Å². The number of fused-ring (bicyclic) bond motifs is 8. The Kier molecular flexibility index (Phi) is 11.6. The van der Waals surface area contributed by atoms with Gasteiger partial charge in [-0.1, -0.05) is 176 Å². The van der Waals surface area contributed by atoms with Gasteiger partial charge in [0.1, 0.15) is 11.5 Å². The fourth-order valence-electron chi connectivity index (χ4n) is 11.9. The highest BCUT2D eigenvalue weighted by molar-refractivity contribution is 6.20. The Morgan fingerprint density at radius 1 is 0.333 bits per heavy atom. The van der Waals surface area contributed by atoms with Crippen molar-refractivity contribution in [1.82, 2.24) is 0 Å². The van der Waals surface area contributed by atoms with E-state index in [1.807, 2.05) is 24.3 Å². The van der Waals surface area contributed by atoms with Gasteiger partial charge in [0, 0.05) is 34.0 Å². The second-order valence-corrected chi connectivity index (χ2v) is 20.0. The monoisotopic (exact) mass is 1000 g/mol. The lowest BCUT2D eigenvalue weighted by Gasteiger charge is -2.26. The van der Waals surface area contributed by atoms with E-state index in [0.717, 1.165) is 56.6 Å². The zero-order valence-electron chi connectivity index (χ0n) is 43.2. The van der Waals surface area contributed by atoms with Crippen molar-refractivity contribution in [2.45, 2.75) is 0 Å². The van der Waals surface area contributed by atoms with E-state index in [-0.39, 0.29) is 0 Å². The molecule has 0 heterocycles. The van der Waals surface area contributed by atoms with Gasteiger partial charge in [0.25, 0.3) is 0 Å². The van der Waals surface area contributed by atoms with E-state index in [9.17, 15) is 0 Å². The van der Waals surface area contributed by atoms with Crippen molar-refractivity contribution in [3.8, 4) is 56.0 Å². The molecule has 78 heavy (non-hydrogen) atoms. The van der Waals surface area contributed by atoms with E-state index >= 15 is 0 Å². The quantitative estimate of drug-likeness (QED) is 0.131. The molecule has 0 amide bonds. The highest BCUT2D eigenvalue weighted by Gasteiger charge is 2.25. The first-order valence-corrected chi connectivity index (χ1v) is 26.5. The fraction of sp³-hybridized carbons (Fsp3) is 0.0270. The molecule has 0 saturated carbocycles. The number of ether oxygens (including phenoxy) is 2. The summed E-state index contributed by atoms with van der Waals surface area (Å²) < 4.78 is 11.0. The Morgan fingerprint density at radius 3 is 1.17 bits per heavy atom. The number of methoxy groups -OCH3 is 2. The Bertz CT molecular complexity index is 4140. The molecule has 0 aliphatic heterocycles. The molecule has 14 rings (SSSR count). The number of anilines is 5. The van der Waals surface area contributed by atoms with Crippen molar-refractivity contribution in [3.05, 3.63) is 294 Å². The van der Waals surface area contributed by atoms with Crippen molar-refractivity contribution in [2.24, 2.45) is 0 Å². The summed E-state index contributed by atoms with van der Waals surface area (Å²) in [4.78, 5) is 2.24. The Morgan fingerprint density at radius 2 is 0.718 bits per heavy atom. The predicted octanol–water partition coefficient (Wildman–Crippen LogP) is 19.7. The fourth-order valence-corrected chi connectivity index (χ4v) is 11.9. The number of nitrogens with zero attached hydrogens (tertiary/aromatic N) is 1. The number of hydrogen-bond acceptors (Lipinski definition) is 4. The maximum absolute atomic E-state index is 5.52. The first kappa shape index (κ1) is 46.4. The number of nitrogens with one attached hydrogen (secondary N) is 1. The van der Waals surface area contributed by atoms with Gasteiger partial charge in [-0.05, 0) is 202 Å². The lowest BCUT2D eigenvalue weighted by atomic mass is 9.86. The lowest BCUT2D eigenvalue weighted by Crippen LogP contribution is -2.10. The van der Waals surface area contributed by atoms with Crippen LogP contribution in [0.15, 0.2) is 261 Å². The zero-order valence-corrected chi connectivity index (χ0v) is 43.2. The molecule has 0 unspecified atom stereocenters. The number of benzene rings is 12. The minimum absolute atomic E-state index is 0.807. The summed E-state index contributed by atoms with van der Waals surface area (Å²) >= 11 is 0. The molecule has 2 aliphatic carbocycles. The molecule has 0 bridgehead atoms. The van der Waals surface area contributed by atoms with Gasteiger partial charge >= 0.3 is 0 Å². The zero-order chi connectivity index (χ0) is 52.1. The van der Waals surface area contributed by atoms with Crippen LogP contribution in [0.3, 0.4) is 0 Å². The molecule has 1 N–H and O–H groups in total. The summed E-state index contributed by atoms with van der Waals surface area (Å²) in [7, 11) is 3.39. The average Bonchev–Trinajstić information content (AvgIpc) is 4.07. The van der Waals surface area contributed by atoms with Crippen LogP contribution >= 0.6 is 0 Å². The topological polar surface area (TPSA) is 33.7 Å². The van der Waals surface area contributed by atoms with Gasteiger partial charge in [0.05, 0.1) is 14.2 Å². The Balaban J connectivity index is 0.870. The van der Waals surface area contributed by atoms with Crippen LogP contribution in [0.25, 0.3) is 89.4 Å². The van der Waals surface area contributed by atoms with Crippen LogP contribution in [-0.2, 0) is 0 Å². The second-order valence-electron chi connectivity index (χ2n) is 20.0. The largest absolute Gasteiger partial charge is 0.497 e. The second kappa shape index (κ2) is 19.5. The molecule has 370 valence electrons. The molecular formula is C74H52N2O2. The molecule has 4 heteroatoms. The summed E-state index contributed by atoms with van der Waals surface area (Å²) in [5, 5.41) is 8.78. The molecule has 0 atom stereocenters. The smallest absolute Gasteiger partial charge is 0.119 e. The molecule has 0 aromatic heterocycles. The maximum atomic E-state index is 5.52. The van der Waals surface area contributed by atoms with Gasteiger partial charge in [-0.3, -0.25) is 0 Å². The van der Waals surface area contributed by atoms with E-state index in [0.29, 0.717) is 0 Å². The van der Waals surface area contributed by atoms with Crippen molar-refractivity contribution >= 4 is 73.3 Å². The van der Waals surface area contributed by atoms with E-state index in [1.165, 1.54) is 93.9 Å². The SMILES string of the molecule is COc1ccc(N(c2ccc(Nc3ccc(C=C4c5ccccc5-c5ccccc54)cc3-c3ccc(-c4c5ccccc5c(C=C5c6ccccc6-c6ccccc65)c5ccccc45)cc3)cc2)c2ccc(OC)cc2)cc1. The number of rotatable bonds is 11. The molecule has 0 radical (unpaired) electrons. The van der Waals surface area contributed by atoms with Crippen LogP contribution in [0.5, 0.6) is 11.5 Å². The van der Waals surface area contributed by atoms with Gasteiger partial charge in [-0.2, -0.15) is 0 Å². The van der Waals surface area contributed by atoms with E-state index < -0.39 is 0 Å². The first-order valence-electron chi connectivity index (χ1n) is 26.5. The van der Waals surface area contributed by atoms with Crippen LogP contribution in [0.2, 0.25) is 0 Å². The molecule has 4 nitrogen and oxygen atoms in total. The van der Waals surface area contributed by atoms with Crippen molar-refractivity contribution in [1.29, 1.82) is 0 Å². The molecular weight excluding hydrogens is 949 g/mol. The third-order valence-corrected chi connectivity index (χ3v) is 15.6. The number of hydrogen-bond donors (Lipinski definition) is 1. The van der Waals surface area contributed by atoms with Crippen LogP contribution in [-0.4, -0.2) is 14.2 Å². The van der Waals surface area contributed by atoms with Crippen molar-refractivity contribution < 1.29 is 9.47 Å². The van der Waals surface area contributed by atoms with Crippen LogP contribution in [0.1, 0.15) is 33.4 Å². The molecule has 0 fully saturated rings. The minimum atomic E-state index is 0.807. The molecule has 12 aromatic carbocycles. The van der Waals surface area contributed by atoms with Crippen molar-refractivity contribution in [3.63, 3.8) is 0 Å². The molecule has 0 saturated heterocycles. The van der Waals surface area contributed by atoms with Gasteiger partial charge in [-0.25, -0.2) is 0 Å². The maximum Gasteiger partial charge on any atom is 0.119 e. The minimum Gasteiger partial charge on any atom is -0.497 e. The molecule has 12 aromatic rings. The molecule has 2 aliphatic rings. The normalized spacial score (nSPS) is 11.9. The molecule has 0 spiro atoms. The van der Waals surface area contributed by atoms with E-state index in [1.54, 1.807) is 14.2 Å². The highest BCUT2D eigenvalue weighted by atomic mass is 16.5. The van der Waals surface area contributed by atoms with Crippen LogP contribution in [0.4, 0.5) is 28.4 Å². The average molecular weight is 1000 g/mol. The first-order chi connectivity index (χ1) is 38.6. The predicted molar refractivity (Wildman–Crippen MR) is 328 cm³/mol. The van der Waals surface area contributed by atoms with Gasteiger partial charge in [0.2, 0.25) is 0 Å². The third kappa shape index (κ3) is 8.10. The standard InChI is InChI=1S/C74H52N2O2/c1-77-55-40-36-53(37-41-55)76(54-38-42-56(78-2)43-39-54)52-34-32-51(33-35-52)75-73-44-27-48(46-70-61-19-7-3-15-57(61)58-16-4-8-20-62(58)70)45-69(73)49-28-30-50(31-29-49)74-67-25-13-11-23-65(67)72(66-24-12-14-26-68(66)74)47-71-63-21-9-5-17-59(63)60-18-6-10-22-64(60)71/h3-47,75H,1-2H3. The van der Waals surface area contributed by atoms with Crippen LogP contribution in [0, 0.1) is 0 Å². The third-order valence-electron chi connectivity index (χ3n) is 15.6. The van der Waals surface area contributed by atoms with Gasteiger partial charge in [-0.15, -0.1) is 0 Å². The van der Waals surface area contributed by atoms with E-state index in [2.05, 4.69) is 259 Å². The summed E-state index contributed by atoms with van der Waals surface area (Å²) in [5.74, 6) is 1.61. The van der Waals surface area contributed by atoms with Gasteiger partial charge < -0.3 is 19.7 Å². The van der Waals surface area contributed by atoms with Crippen LogP contribution < -0.4 is 19.7 Å². The summed E-state index contributed by atoms with van der Waals surface area (Å²) in [6.45, 7) is 0. The van der Waals surface area contributed by atoms with Gasteiger partial charge in [0.15, 0.2) is 0 Å². The summed E-state index contributed by atoms with van der Waals surface area (Å²) in [6, 6.07) is 94.0. The highest BCUT2D eigenvalue weighted by Crippen LogP contribution is 2.49. The summed E-state index contributed by atoms with van der Waals surface area (Å²) in [6.07, 6.45) is 4.79. The Hall–Kier alpha value is -10.2.